The van der Waals surface area contributed by atoms with E-state index in [2.05, 4.69) is 11.5 Å². The Hall–Kier alpha value is -1.32. The molecule has 19 heavy (non-hydrogen) atoms. The number of nitrogens with zero attached hydrogens (tertiary/aromatic N) is 2. The number of amides is 2. The standard InChI is InChI=1S/C15H22N2O2/c1-2-4-13-12-7-11(8-16(13)10-18)14-5-3-6-15(19)17(14)9-12/h2,10-14H,1,3-9H2. The molecule has 3 aliphatic rings. The van der Waals surface area contributed by atoms with Crippen molar-refractivity contribution in [1.29, 1.82) is 0 Å². The lowest BCUT2D eigenvalue weighted by molar-refractivity contribution is -0.149. The molecule has 2 bridgehead atoms. The van der Waals surface area contributed by atoms with Gasteiger partial charge >= 0.3 is 0 Å². The molecule has 4 unspecified atom stereocenters. The number of likely N-dealkylation sites (tertiary alicyclic amines) is 1. The molecule has 0 spiro atoms. The Kier molecular flexibility index (Phi) is 3.33. The minimum absolute atomic E-state index is 0.238. The third kappa shape index (κ3) is 2.07. The van der Waals surface area contributed by atoms with Crippen LogP contribution in [0.3, 0.4) is 0 Å². The van der Waals surface area contributed by atoms with Crippen LogP contribution < -0.4 is 0 Å². The number of rotatable bonds is 3. The van der Waals surface area contributed by atoms with Gasteiger partial charge < -0.3 is 9.80 Å². The molecule has 0 aromatic heterocycles. The summed E-state index contributed by atoms with van der Waals surface area (Å²) < 4.78 is 0. The van der Waals surface area contributed by atoms with Gasteiger partial charge in [-0.05, 0) is 37.5 Å². The van der Waals surface area contributed by atoms with Gasteiger partial charge in [-0.25, -0.2) is 0 Å². The van der Waals surface area contributed by atoms with Gasteiger partial charge in [0.05, 0.1) is 0 Å². The van der Waals surface area contributed by atoms with Gasteiger partial charge in [0, 0.05) is 31.6 Å². The molecule has 3 rings (SSSR count). The van der Waals surface area contributed by atoms with Crippen LogP contribution in [-0.2, 0) is 9.59 Å². The molecule has 3 aliphatic heterocycles. The van der Waals surface area contributed by atoms with Crippen molar-refractivity contribution in [3.05, 3.63) is 12.7 Å². The second-order valence-electron chi connectivity index (χ2n) is 6.16. The van der Waals surface area contributed by atoms with Crippen LogP contribution in [0.5, 0.6) is 0 Å². The van der Waals surface area contributed by atoms with Crippen molar-refractivity contribution in [2.75, 3.05) is 13.1 Å². The first-order valence-electron chi connectivity index (χ1n) is 7.36. The van der Waals surface area contributed by atoms with E-state index in [4.69, 9.17) is 0 Å². The van der Waals surface area contributed by atoms with E-state index in [1.807, 2.05) is 11.0 Å². The highest BCUT2D eigenvalue weighted by Gasteiger charge is 2.47. The topological polar surface area (TPSA) is 40.6 Å². The molecule has 0 aromatic rings. The van der Waals surface area contributed by atoms with Crippen LogP contribution in [0.4, 0.5) is 0 Å². The lowest BCUT2D eigenvalue weighted by Gasteiger charge is -2.54. The number of hydrogen-bond acceptors (Lipinski definition) is 2. The molecule has 0 radical (unpaired) electrons. The van der Waals surface area contributed by atoms with Crippen LogP contribution in [0.15, 0.2) is 12.7 Å². The molecule has 104 valence electrons. The van der Waals surface area contributed by atoms with Crippen molar-refractivity contribution in [2.24, 2.45) is 11.8 Å². The largest absolute Gasteiger partial charge is 0.341 e. The van der Waals surface area contributed by atoms with Crippen molar-refractivity contribution >= 4 is 12.3 Å². The normalized spacial score (nSPS) is 37.8. The van der Waals surface area contributed by atoms with Crippen LogP contribution in [-0.4, -0.2) is 47.3 Å². The highest BCUT2D eigenvalue weighted by Crippen LogP contribution is 2.40. The Morgan fingerprint density at radius 2 is 2.16 bits per heavy atom. The van der Waals surface area contributed by atoms with E-state index in [1.165, 1.54) is 0 Å². The Morgan fingerprint density at radius 1 is 1.32 bits per heavy atom. The van der Waals surface area contributed by atoms with Gasteiger partial charge in [0.1, 0.15) is 0 Å². The van der Waals surface area contributed by atoms with Gasteiger partial charge in [0.25, 0.3) is 0 Å². The summed E-state index contributed by atoms with van der Waals surface area (Å²) >= 11 is 0. The van der Waals surface area contributed by atoms with Crippen LogP contribution in [0, 0.1) is 11.8 Å². The van der Waals surface area contributed by atoms with E-state index in [-0.39, 0.29) is 6.04 Å². The van der Waals surface area contributed by atoms with Crippen LogP contribution in [0.25, 0.3) is 0 Å². The monoisotopic (exact) mass is 262 g/mol. The highest BCUT2D eigenvalue weighted by molar-refractivity contribution is 5.77. The number of carbonyl (C=O) groups excluding carboxylic acids is 2. The predicted molar refractivity (Wildman–Crippen MR) is 72.3 cm³/mol. The van der Waals surface area contributed by atoms with Crippen molar-refractivity contribution in [3.8, 4) is 0 Å². The molecule has 0 aliphatic carbocycles. The van der Waals surface area contributed by atoms with Crippen molar-refractivity contribution in [3.63, 3.8) is 0 Å². The third-order valence-corrected chi connectivity index (χ3v) is 5.15. The lowest BCUT2D eigenvalue weighted by Crippen LogP contribution is -2.63. The minimum Gasteiger partial charge on any atom is -0.341 e. The maximum atomic E-state index is 12.1. The fourth-order valence-electron chi connectivity index (χ4n) is 4.32. The summed E-state index contributed by atoms with van der Waals surface area (Å²) in [6, 6.07) is 0.617. The zero-order valence-electron chi connectivity index (χ0n) is 11.3. The summed E-state index contributed by atoms with van der Waals surface area (Å²) in [5.41, 5.74) is 0. The zero-order chi connectivity index (χ0) is 13.4. The maximum Gasteiger partial charge on any atom is 0.222 e. The molecule has 0 N–H and O–H groups in total. The molecule has 3 saturated heterocycles. The van der Waals surface area contributed by atoms with Gasteiger partial charge in [-0.1, -0.05) is 6.08 Å². The molecule has 3 fully saturated rings. The predicted octanol–water partition coefficient (Wildman–Crippen LogP) is 1.42. The summed E-state index contributed by atoms with van der Waals surface area (Å²) in [6.07, 6.45) is 7.72. The Labute approximate surface area is 114 Å². The minimum atomic E-state index is 0.238. The van der Waals surface area contributed by atoms with Crippen LogP contribution in [0.1, 0.15) is 32.1 Å². The third-order valence-electron chi connectivity index (χ3n) is 5.15. The number of fused-ring (bicyclic) bond motifs is 4. The lowest BCUT2D eigenvalue weighted by atomic mass is 9.72. The van der Waals surface area contributed by atoms with E-state index < -0.39 is 0 Å². The first-order valence-corrected chi connectivity index (χ1v) is 7.36. The Bertz CT molecular complexity index is 396. The Balaban J connectivity index is 1.83. The Morgan fingerprint density at radius 3 is 2.89 bits per heavy atom. The average Bonchev–Trinajstić information content (AvgIpc) is 2.43. The molecule has 0 aromatic carbocycles. The quantitative estimate of drug-likeness (QED) is 0.570. The second kappa shape index (κ2) is 4.99. The van der Waals surface area contributed by atoms with Crippen LogP contribution >= 0.6 is 0 Å². The summed E-state index contributed by atoms with van der Waals surface area (Å²) in [5, 5.41) is 0. The number of hydrogen-bond donors (Lipinski definition) is 0. The van der Waals surface area contributed by atoms with E-state index in [1.54, 1.807) is 0 Å². The molecular weight excluding hydrogens is 240 g/mol. The van der Waals surface area contributed by atoms with Gasteiger partial charge in [-0.15, -0.1) is 6.58 Å². The first kappa shape index (κ1) is 12.7. The summed E-state index contributed by atoms with van der Waals surface area (Å²) in [4.78, 5) is 27.5. The van der Waals surface area contributed by atoms with E-state index in [0.29, 0.717) is 30.2 Å². The molecule has 4 atom stereocenters. The molecule has 2 amide bonds. The highest BCUT2D eigenvalue weighted by atomic mass is 16.2. The van der Waals surface area contributed by atoms with Gasteiger partial charge in [-0.3, -0.25) is 9.59 Å². The smallest absolute Gasteiger partial charge is 0.222 e. The van der Waals surface area contributed by atoms with Crippen molar-refractivity contribution in [1.82, 2.24) is 9.80 Å². The summed E-state index contributed by atoms with van der Waals surface area (Å²) in [6.45, 7) is 5.45. The summed E-state index contributed by atoms with van der Waals surface area (Å²) in [7, 11) is 0. The summed E-state index contributed by atoms with van der Waals surface area (Å²) in [5.74, 6) is 1.23. The van der Waals surface area contributed by atoms with Gasteiger partial charge in [0.15, 0.2) is 0 Å². The zero-order valence-corrected chi connectivity index (χ0v) is 11.3. The van der Waals surface area contributed by atoms with E-state index in [9.17, 15) is 9.59 Å². The van der Waals surface area contributed by atoms with Gasteiger partial charge in [-0.2, -0.15) is 0 Å². The van der Waals surface area contributed by atoms with E-state index >= 15 is 0 Å². The molecule has 0 saturated carbocycles. The fraction of sp³-hybridized carbons (Fsp3) is 0.733. The van der Waals surface area contributed by atoms with E-state index in [0.717, 1.165) is 45.2 Å². The van der Waals surface area contributed by atoms with Gasteiger partial charge in [0.2, 0.25) is 12.3 Å². The maximum absolute atomic E-state index is 12.1. The number of piperidine rings is 3. The van der Waals surface area contributed by atoms with Crippen molar-refractivity contribution in [2.45, 2.75) is 44.2 Å². The fourth-order valence-corrected chi connectivity index (χ4v) is 4.32. The number of carbonyl (C=O) groups is 2. The SMILES string of the molecule is C=CCC1C2CC(CN1C=O)C1CCCC(=O)N1C2. The molecule has 4 heteroatoms. The average molecular weight is 262 g/mol. The second-order valence-corrected chi connectivity index (χ2v) is 6.16. The molecule has 4 nitrogen and oxygen atoms in total. The van der Waals surface area contributed by atoms with Crippen LogP contribution in [0.2, 0.25) is 0 Å². The van der Waals surface area contributed by atoms with Crippen molar-refractivity contribution < 1.29 is 9.59 Å². The first-order chi connectivity index (χ1) is 9.24. The molecule has 3 heterocycles. The molecular formula is C15H22N2O2.